The van der Waals surface area contributed by atoms with E-state index in [1.54, 1.807) is 30.2 Å². The van der Waals surface area contributed by atoms with E-state index < -0.39 is 0 Å². The molecule has 1 aromatic carbocycles. The summed E-state index contributed by atoms with van der Waals surface area (Å²) in [6.07, 6.45) is 8.68. The van der Waals surface area contributed by atoms with Crippen molar-refractivity contribution in [2.24, 2.45) is 0 Å². The lowest BCUT2D eigenvalue weighted by Gasteiger charge is -2.31. The molecule has 0 saturated heterocycles. The molecule has 2 amide bonds. The van der Waals surface area contributed by atoms with E-state index in [1.807, 2.05) is 58.5 Å². The Morgan fingerprint density at radius 3 is 2.47 bits per heavy atom. The van der Waals surface area contributed by atoms with E-state index in [0.717, 1.165) is 49.4 Å². The van der Waals surface area contributed by atoms with Crippen LogP contribution in [0, 0.1) is 0 Å². The van der Waals surface area contributed by atoms with Gasteiger partial charge in [-0.3, -0.25) is 19.5 Å². The Labute approximate surface area is 200 Å². The number of imidazole rings is 1. The number of rotatable bonds is 4. The van der Waals surface area contributed by atoms with Crippen molar-refractivity contribution < 1.29 is 9.59 Å². The lowest BCUT2D eigenvalue weighted by atomic mass is 10.1. The molecule has 0 bridgehead atoms. The van der Waals surface area contributed by atoms with Crippen LogP contribution in [0.5, 0.6) is 0 Å². The summed E-state index contributed by atoms with van der Waals surface area (Å²) in [5, 5.41) is 0. The van der Waals surface area contributed by atoms with Gasteiger partial charge in [0.2, 0.25) is 11.8 Å². The van der Waals surface area contributed by atoms with Crippen LogP contribution in [-0.2, 0) is 29.2 Å². The Morgan fingerprint density at radius 2 is 1.74 bits per heavy atom. The number of carbonyl (C=O) groups excluding carboxylic acids is 2. The van der Waals surface area contributed by atoms with Crippen LogP contribution in [-0.4, -0.2) is 62.3 Å². The third-order valence-electron chi connectivity index (χ3n) is 6.12. The predicted molar refractivity (Wildman–Crippen MR) is 131 cm³/mol. The topological polar surface area (TPSA) is 74.6 Å². The molecule has 34 heavy (non-hydrogen) atoms. The van der Waals surface area contributed by atoms with Crippen LogP contribution in [0.2, 0.25) is 0 Å². The molecule has 2 aromatic heterocycles. The van der Waals surface area contributed by atoms with Crippen molar-refractivity contribution in [1.29, 1.82) is 0 Å². The Hall–Kier alpha value is -3.52. The number of amides is 2. The zero-order valence-corrected chi connectivity index (χ0v) is 19.7. The third-order valence-corrected chi connectivity index (χ3v) is 6.12. The number of nitrogens with zero attached hydrogens (tertiary/aromatic N) is 6. The highest BCUT2D eigenvalue weighted by Crippen LogP contribution is 2.24. The zero-order chi connectivity index (χ0) is 23.8. The molecule has 0 radical (unpaired) electrons. The summed E-state index contributed by atoms with van der Waals surface area (Å²) in [7, 11) is 0. The largest absolute Gasteiger partial charge is 0.337 e. The first-order chi connectivity index (χ1) is 16.6. The highest BCUT2D eigenvalue weighted by atomic mass is 16.2. The van der Waals surface area contributed by atoms with E-state index in [2.05, 4.69) is 14.9 Å². The SMILES string of the molecule is CC(=O)N1CCCN(Cc2ccccn2)CCCN(C(=O)Cn2ccnc2)Cc2ccccc21. The third kappa shape index (κ3) is 6.29. The normalized spacial score (nSPS) is 15.8. The van der Waals surface area contributed by atoms with Crippen molar-refractivity contribution in [3.8, 4) is 0 Å². The minimum Gasteiger partial charge on any atom is -0.337 e. The summed E-state index contributed by atoms with van der Waals surface area (Å²) in [6, 6.07) is 13.9. The minimum atomic E-state index is 0.0112. The first-order valence-corrected chi connectivity index (χ1v) is 11.8. The lowest BCUT2D eigenvalue weighted by Crippen LogP contribution is -2.39. The average Bonchev–Trinajstić information content (AvgIpc) is 3.34. The number of anilines is 1. The Kier molecular flexibility index (Phi) is 8.04. The molecule has 8 nitrogen and oxygen atoms in total. The summed E-state index contributed by atoms with van der Waals surface area (Å²) >= 11 is 0. The second kappa shape index (κ2) is 11.6. The molecular weight excluding hydrogens is 428 g/mol. The van der Waals surface area contributed by atoms with Crippen molar-refractivity contribution in [2.75, 3.05) is 31.1 Å². The Morgan fingerprint density at radius 1 is 0.941 bits per heavy atom. The smallest absolute Gasteiger partial charge is 0.242 e. The Balaban J connectivity index is 1.58. The lowest BCUT2D eigenvalue weighted by molar-refractivity contribution is -0.132. The van der Waals surface area contributed by atoms with Crippen LogP contribution < -0.4 is 4.90 Å². The average molecular weight is 461 g/mol. The van der Waals surface area contributed by atoms with E-state index in [9.17, 15) is 9.59 Å². The van der Waals surface area contributed by atoms with Gasteiger partial charge in [-0.2, -0.15) is 0 Å². The maximum absolute atomic E-state index is 13.3. The standard InChI is InChI=1S/C26H32N6O2/c1-22(33)32-16-7-14-29(19-24-9-4-5-11-28-24)13-6-15-31(18-23-8-2-3-10-25(23)32)26(34)20-30-17-12-27-21-30/h2-5,8-12,17,21H,6-7,13-16,18-20H2,1H3. The van der Waals surface area contributed by atoms with Gasteiger partial charge in [0.1, 0.15) is 6.54 Å². The highest BCUT2D eigenvalue weighted by molar-refractivity contribution is 5.92. The Bertz CT molecular complexity index is 1070. The van der Waals surface area contributed by atoms with Crippen LogP contribution >= 0.6 is 0 Å². The van der Waals surface area contributed by atoms with Crippen molar-refractivity contribution in [1.82, 2.24) is 24.3 Å². The molecule has 8 heteroatoms. The first-order valence-electron chi connectivity index (χ1n) is 11.8. The fraction of sp³-hybridized carbons (Fsp3) is 0.385. The van der Waals surface area contributed by atoms with Crippen LogP contribution in [0.4, 0.5) is 5.69 Å². The van der Waals surface area contributed by atoms with Crippen LogP contribution in [0.25, 0.3) is 0 Å². The van der Waals surface area contributed by atoms with Gasteiger partial charge in [0.15, 0.2) is 0 Å². The second-order valence-corrected chi connectivity index (χ2v) is 8.65. The number of hydrogen-bond donors (Lipinski definition) is 0. The number of benzene rings is 1. The summed E-state index contributed by atoms with van der Waals surface area (Å²) in [5.41, 5.74) is 2.89. The molecule has 0 saturated carbocycles. The molecule has 3 heterocycles. The molecule has 178 valence electrons. The summed E-state index contributed by atoms with van der Waals surface area (Å²) in [5.74, 6) is 0.0487. The summed E-state index contributed by atoms with van der Waals surface area (Å²) < 4.78 is 1.79. The number of aromatic nitrogens is 3. The molecule has 1 aliphatic rings. The quantitative estimate of drug-likeness (QED) is 0.599. The van der Waals surface area contributed by atoms with Crippen LogP contribution in [0.3, 0.4) is 0 Å². The number of pyridine rings is 1. The maximum atomic E-state index is 13.3. The van der Waals surface area contributed by atoms with Gasteiger partial charge in [-0.1, -0.05) is 24.3 Å². The molecule has 0 aliphatic carbocycles. The van der Waals surface area contributed by atoms with Gasteiger partial charge >= 0.3 is 0 Å². The fourth-order valence-corrected chi connectivity index (χ4v) is 4.42. The first kappa shape index (κ1) is 23.6. The van der Waals surface area contributed by atoms with E-state index in [4.69, 9.17) is 0 Å². The number of para-hydroxylation sites is 1. The van der Waals surface area contributed by atoms with Gasteiger partial charge in [-0.15, -0.1) is 0 Å². The van der Waals surface area contributed by atoms with Gasteiger partial charge in [-0.05, 0) is 36.6 Å². The van der Waals surface area contributed by atoms with Crippen molar-refractivity contribution in [2.45, 2.75) is 39.4 Å². The number of carbonyl (C=O) groups is 2. The highest BCUT2D eigenvalue weighted by Gasteiger charge is 2.21. The molecule has 1 aliphatic heterocycles. The van der Waals surface area contributed by atoms with E-state index in [-0.39, 0.29) is 18.4 Å². The second-order valence-electron chi connectivity index (χ2n) is 8.65. The molecule has 0 atom stereocenters. The summed E-state index contributed by atoms with van der Waals surface area (Å²) in [6.45, 7) is 6.05. The zero-order valence-electron chi connectivity index (χ0n) is 19.7. The minimum absolute atomic E-state index is 0.0112. The molecule has 0 unspecified atom stereocenters. The number of fused-ring (bicyclic) bond motifs is 1. The molecule has 0 N–H and O–H groups in total. The van der Waals surface area contributed by atoms with Crippen LogP contribution in [0.15, 0.2) is 67.4 Å². The van der Waals surface area contributed by atoms with Gasteiger partial charge in [0.05, 0.1) is 12.0 Å². The monoisotopic (exact) mass is 460 g/mol. The van der Waals surface area contributed by atoms with Gasteiger partial charge in [-0.25, -0.2) is 4.98 Å². The molecule has 0 spiro atoms. The molecule has 3 aromatic rings. The number of hydrogen-bond acceptors (Lipinski definition) is 5. The van der Waals surface area contributed by atoms with Gasteiger partial charge < -0.3 is 14.4 Å². The van der Waals surface area contributed by atoms with E-state index >= 15 is 0 Å². The predicted octanol–water partition coefficient (Wildman–Crippen LogP) is 2.96. The van der Waals surface area contributed by atoms with E-state index in [1.165, 1.54) is 0 Å². The molecule has 4 rings (SSSR count). The van der Waals surface area contributed by atoms with Crippen molar-refractivity contribution in [3.63, 3.8) is 0 Å². The van der Waals surface area contributed by atoms with Crippen molar-refractivity contribution in [3.05, 3.63) is 78.6 Å². The van der Waals surface area contributed by atoms with Gasteiger partial charge in [0.25, 0.3) is 0 Å². The fourth-order valence-electron chi connectivity index (χ4n) is 4.42. The van der Waals surface area contributed by atoms with E-state index in [0.29, 0.717) is 19.6 Å². The summed E-state index contributed by atoms with van der Waals surface area (Å²) in [4.78, 5) is 40.5. The van der Waals surface area contributed by atoms with Crippen molar-refractivity contribution >= 4 is 17.5 Å². The maximum Gasteiger partial charge on any atom is 0.242 e. The van der Waals surface area contributed by atoms with Crippen LogP contribution in [0.1, 0.15) is 31.0 Å². The van der Waals surface area contributed by atoms with Gasteiger partial charge in [0, 0.05) is 70.5 Å². The molecular formula is C26H32N6O2. The molecule has 0 fully saturated rings.